The van der Waals surface area contributed by atoms with Gasteiger partial charge in [-0.25, -0.2) is 17.5 Å². The minimum absolute atomic E-state index is 0.0989. The summed E-state index contributed by atoms with van der Waals surface area (Å²) < 4.78 is 40.5. The van der Waals surface area contributed by atoms with Gasteiger partial charge in [-0.15, -0.1) is 0 Å². The molecular weight excluding hydrogens is 325 g/mol. The Kier molecular flexibility index (Phi) is 4.71. The van der Waals surface area contributed by atoms with E-state index in [0.29, 0.717) is 5.69 Å². The highest BCUT2D eigenvalue weighted by atomic mass is 32.2. The number of halogens is 1. The Labute approximate surface area is 132 Å². The Morgan fingerprint density at radius 1 is 1.35 bits per heavy atom. The number of aromatic nitrogens is 1. The fourth-order valence-electron chi connectivity index (χ4n) is 1.94. The number of hydrogen-bond donors (Lipinski definition) is 1. The zero-order valence-electron chi connectivity index (χ0n) is 12.4. The molecule has 0 aliphatic carbocycles. The van der Waals surface area contributed by atoms with E-state index in [-0.39, 0.29) is 12.1 Å². The number of nitro groups is 1. The smallest absolute Gasteiger partial charge is 0.260 e. The molecule has 0 saturated carbocycles. The summed E-state index contributed by atoms with van der Waals surface area (Å²) in [5, 5.41) is 10.9. The molecule has 1 aromatic heterocycles. The van der Waals surface area contributed by atoms with E-state index in [0.717, 1.165) is 17.7 Å². The number of hydrogen-bond acceptors (Lipinski definition) is 5. The van der Waals surface area contributed by atoms with Crippen LogP contribution in [-0.4, -0.2) is 18.3 Å². The van der Waals surface area contributed by atoms with Crippen LogP contribution in [0.2, 0.25) is 0 Å². The van der Waals surface area contributed by atoms with Crippen LogP contribution in [0, 0.1) is 29.8 Å². The van der Waals surface area contributed by atoms with Crippen LogP contribution in [0.1, 0.15) is 16.8 Å². The van der Waals surface area contributed by atoms with Crippen molar-refractivity contribution in [2.24, 2.45) is 0 Å². The number of aryl methyl sites for hydroxylation is 1. The molecule has 23 heavy (non-hydrogen) atoms. The summed E-state index contributed by atoms with van der Waals surface area (Å²) in [6, 6.07) is 5.08. The van der Waals surface area contributed by atoms with Gasteiger partial charge in [0, 0.05) is 12.3 Å². The fourth-order valence-corrected chi connectivity index (χ4v) is 2.95. The lowest BCUT2D eigenvalue weighted by Crippen LogP contribution is -2.24. The first-order chi connectivity index (χ1) is 10.7. The third kappa shape index (κ3) is 3.69. The summed E-state index contributed by atoms with van der Waals surface area (Å²) in [4.78, 5) is 13.6. The molecule has 0 radical (unpaired) electrons. The van der Waals surface area contributed by atoms with Crippen LogP contribution in [0.25, 0.3) is 0 Å². The Hall–Kier alpha value is -2.39. The van der Waals surface area contributed by atoms with Crippen LogP contribution in [0.5, 0.6) is 0 Å². The molecular formula is C14H14FN3O4S. The highest BCUT2D eigenvalue weighted by Gasteiger charge is 2.23. The average molecular weight is 339 g/mol. The second kappa shape index (κ2) is 6.39. The van der Waals surface area contributed by atoms with Gasteiger partial charge in [-0.1, -0.05) is 6.07 Å². The van der Waals surface area contributed by atoms with Gasteiger partial charge in [0.05, 0.1) is 27.6 Å². The summed E-state index contributed by atoms with van der Waals surface area (Å²) >= 11 is 0. The van der Waals surface area contributed by atoms with E-state index in [1.165, 1.54) is 13.1 Å². The summed E-state index contributed by atoms with van der Waals surface area (Å²) in [5.74, 6) is -0.950. The van der Waals surface area contributed by atoms with Gasteiger partial charge in [0.1, 0.15) is 5.82 Å². The monoisotopic (exact) mass is 339 g/mol. The molecule has 0 aliphatic rings. The maximum atomic E-state index is 13.7. The van der Waals surface area contributed by atoms with Gasteiger partial charge in [-0.2, -0.15) is 0 Å². The molecule has 0 saturated heterocycles. The number of benzene rings is 1. The van der Waals surface area contributed by atoms with Crippen molar-refractivity contribution >= 4 is 15.7 Å². The average Bonchev–Trinajstić information content (AvgIpc) is 2.48. The van der Waals surface area contributed by atoms with E-state index >= 15 is 0 Å². The van der Waals surface area contributed by atoms with Crippen LogP contribution < -0.4 is 4.72 Å². The topological polar surface area (TPSA) is 102 Å². The lowest BCUT2D eigenvalue weighted by Gasteiger charge is -2.09. The van der Waals surface area contributed by atoms with Crippen molar-refractivity contribution in [1.82, 2.24) is 9.71 Å². The molecule has 1 aromatic carbocycles. The molecule has 0 atom stereocenters. The van der Waals surface area contributed by atoms with Crippen molar-refractivity contribution in [3.63, 3.8) is 0 Å². The molecule has 0 aliphatic heterocycles. The van der Waals surface area contributed by atoms with Gasteiger partial charge in [0.2, 0.25) is 10.0 Å². The Morgan fingerprint density at radius 2 is 2.04 bits per heavy atom. The summed E-state index contributed by atoms with van der Waals surface area (Å²) in [5.41, 5.74) is 0.503. The van der Waals surface area contributed by atoms with Crippen LogP contribution >= 0.6 is 0 Å². The first-order valence-corrected chi connectivity index (χ1v) is 8.05. The van der Waals surface area contributed by atoms with Crippen LogP contribution in [-0.2, 0) is 16.6 Å². The van der Waals surface area contributed by atoms with Gasteiger partial charge < -0.3 is 0 Å². The van der Waals surface area contributed by atoms with Crippen LogP contribution in [0.4, 0.5) is 10.1 Å². The number of nitrogens with one attached hydrogen (secondary N) is 1. The molecule has 7 nitrogen and oxygen atoms in total. The summed E-state index contributed by atoms with van der Waals surface area (Å²) in [6.45, 7) is 2.89. The number of nitro benzene ring substituents is 1. The molecule has 0 spiro atoms. The Balaban J connectivity index is 2.33. The molecule has 1 N–H and O–H groups in total. The number of pyridine rings is 1. The maximum Gasteiger partial charge on any atom is 0.276 e. The lowest BCUT2D eigenvalue weighted by molar-refractivity contribution is -0.385. The molecule has 0 bridgehead atoms. The SMILES string of the molecule is Cc1cccnc1CNS(=O)(=O)c1cc(F)c(C)c([N+](=O)[O-])c1. The minimum atomic E-state index is -4.10. The molecule has 9 heteroatoms. The minimum Gasteiger partial charge on any atom is -0.260 e. The van der Waals surface area contributed by atoms with Crippen molar-refractivity contribution in [3.05, 3.63) is 63.2 Å². The van der Waals surface area contributed by atoms with Gasteiger partial charge in [-0.3, -0.25) is 15.1 Å². The molecule has 2 rings (SSSR count). The van der Waals surface area contributed by atoms with Crippen molar-refractivity contribution in [3.8, 4) is 0 Å². The Bertz CT molecular complexity index is 868. The van der Waals surface area contributed by atoms with Crippen LogP contribution in [0.3, 0.4) is 0 Å². The van der Waals surface area contributed by atoms with E-state index < -0.39 is 31.3 Å². The third-order valence-electron chi connectivity index (χ3n) is 3.34. The van der Waals surface area contributed by atoms with Crippen LogP contribution in [0.15, 0.2) is 35.4 Å². The van der Waals surface area contributed by atoms with Gasteiger partial charge in [0.15, 0.2) is 0 Å². The highest BCUT2D eigenvalue weighted by molar-refractivity contribution is 7.89. The van der Waals surface area contributed by atoms with Gasteiger partial charge >= 0.3 is 0 Å². The predicted molar refractivity (Wildman–Crippen MR) is 80.8 cm³/mol. The van der Waals surface area contributed by atoms with Crippen molar-refractivity contribution < 1.29 is 17.7 Å². The predicted octanol–water partition coefficient (Wildman–Crippen LogP) is 2.22. The standard InChI is InChI=1S/C14H14FN3O4S/c1-9-4-3-5-16-13(9)8-17-23(21,22)11-6-12(15)10(2)14(7-11)18(19)20/h3-7,17H,8H2,1-2H3. The quantitative estimate of drug-likeness (QED) is 0.665. The largest absolute Gasteiger partial charge is 0.276 e. The normalized spacial score (nSPS) is 11.4. The number of nitrogens with zero attached hydrogens (tertiary/aromatic N) is 2. The molecule has 1 heterocycles. The third-order valence-corrected chi connectivity index (χ3v) is 4.73. The van der Waals surface area contributed by atoms with E-state index in [9.17, 15) is 22.9 Å². The highest BCUT2D eigenvalue weighted by Crippen LogP contribution is 2.25. The molecule has 2 aromatic rings. The van der Waals surface area contributed by atoms with E-state index in [2.05, 4.69) is 9.71 Å². The Morgan fingerprint density at radius 3 is 2.65 bits per heavy atom. The molecule has 122 valence electrons. The molecule has 0 fully saturated rings. The second-order valence-corrected chi connectivity index (χ2v) is 6.66. The van der Waals surface area contributed by atoms with Gasteiger partial charge in [0.25, 0.3) is 5.69 Å². The number of sulfonamides is 1. The first-order valence-electron chi connectivity index (χ1n) is 6.57. The van der Waals surface area contributed by atoms with Crippen molar-refractivity contribution in [2.75, 3.05) is 0 Å². The zero-order chi connectivity index (χ0) is 17.2. The van der Waals surface area contributed by atoms with Crippen molar-refractivity contribution in [2.45, 2.75) is 25.3 Å². The van der Waals surface area contributed by atoms with Gasteiger partial charge in [-0.05, 0) is 31.5 Å². The number of rotatable bonds is 5. The lowest BCUT2D eigenvalue weighted by atomic mass is 10.2. The van der Waals surface area contributed by atoms with E-state index in [1.54, 1.807) is 19.1 Å². The molecule has 0 amide bonds. The van der Waals surface area contributed by atoms with E-state index in [4.69, 9.17) is 0 Å². The first kappa shape index (κ1) is 17.0. The molecule has 0 unspecified atom stereocenters. The second-order valence-electron chi connectivity index (χ2n) is 4.90. The van der Waals surface area contributed by atoms with Crippen molar-refractivity contribution in [1.29, 1.82) is 0 Å². The summed E-state index contributed by atoms with van der Waals surface area (Å²) in [7, 11) is -4.10. The van der Waals surface area contributed by atoms with E-state index in [1.807, 2.05) is 0 Å². The fraction of sp³-hybridized carbons (Fsp3) is 0.214. The maximum absolute atomic E-state index is 13.7. The summed E-state index contributed by atoms with van der Waals surface area (Å²) in [6.07, 6.45) is 1.52. The zero-order valence-corrected chi connectivity index (χ0v) is 13.2.